The Morgan fingerprint density at radius 2 is 1.56 bits per heavy atom. The molecular formula is C33H28FNO3S. The van der Waals surface area contributed by atoms with E-state index in [-0.39, 0.29) is 17.8 Å². The van der Waals surface area contributed by atoms with Crippen LogP contribution in [0.3, 0.4) is 0 Å². The number of carbonyl (C=O) groups is 1. The van der Waals surface area contributed by atoms with Crippen LogP contribution in [-0.2, 0) is 11.2 Å². The van der Waals surface area contributed by atoms with Crippen LogP contribution in [-0.4, -0.2) is 24.7 Å². The summed E-state index contributed by atoms with van der Waals surface area (Å²) in [5, 5.41) is 0. The van der Waals surface area contributed by atoms with Gasteiger partial charge in [0.2, 0.25) is 6.10 Å². The summed E-state index contributed by atoms with van der Waals surface area (Å²) >= 11 is 1.62. The number of hydrogen-bond acceptors (Lipinski definition) is 4. The summed E-state index contributed by atoms with van der Waals surface area (Å²) in [5.41, 5.74) is 4.37. The summed E-state index contributed by atoms with van der Waals surface area (Å²) in [6, 6.07) is 31.8. The first-order valence-electron chi connectivity index (χ1n) is 13.1. The van der Waals surface area contributed by atoms with Crippen molar-refractivity contribution in [2.24, 2.45) is 0 Å². The number of rotatable bonds is 8. The Morgan fingerprint density at radius 1 is 0.846 bits per heavy atom. The number of fused-ring (bicyclic) bond motifs is 1. The molecule has 0 radical (unpaired) electrons. The van der Waals surface area contributed by atoms with Gasteiger partial charge in [-0.2, -0.15) is 0 Å². The third-order valence-corrected chi connectivity index (χ3v) is 8.28. The fourth-order valence-corrected chi connectivity index (χ4v) is 6.43. The zero-order valence-electron chi connectivity index (χ0n) is 21.5. The number of aryl methyl sites for hydroxylation is 1. The molecule has 4 aromatic carbocycles. The number of nitrogens with zero attached hydrogens (tertiary/aromatic N) is 1. The van der Waals surface area contributed by atoms with E-state index in [0.29, 0.717) is 12.4 Å². The van der Waals surface area contributed by atoms with E-state index in [2.05, 4.69) is 18.2 Å². The molecule has 0 spiro atoms. The molecule has 2 aliphatic rings. The molecule has 1 aliphatic carbocycles. The van der Waals surface area contributed by atoms with Gasteiger partial charge < -0.3 is 9.47 Å². The Labute approximate surface area is 232 Å². The van der Waals surface area contributed by atoms with Crippen LogP contribution < -0.4 is 14.4 Å². The van der Waals surface area contributed by atoms with Crippen LogP contribution in [0, 0.1) is 5.82 Å². The first kappa shape index (κ1) is 25.3. The third kappa shape index (κ3) is 5.04. The molecule has 0 bridgehead atoms. The first-order valence-corrected chi connectivity index (χ1v) is 14.0. The highest BCUT2D eigenvalue weighted by molar-refractivity contribution is 8.08. The van der Waals surface area contributed by atoms with Gasteiger partial charge in [-0.25, -0.2) is 4.39 Å². The Morgan fingerprint density at radius 3 is 2.31 bits per heavy atom. The van der Waals surface area contributed by atoms with Crippen molar-refractivity contribution in [3.05, 3.63) is 126 Å². The summed E-state index contributed by atoms with van der Waals surface area (Å²) in [6.07, 6.45) is 1.02. The molecule has 0 aromatic heterocycles. The first-order chi connectivity index (χ1) is 19.1. The molecule has 4 nitrogen and oxygen atoms in total. The minimum Gasteiger partial charge on any atom is -0.494 e. The van der Waals surface area contributed by atoms with E-state index < -0.39 is 6.10 Å². The van der Waals surface area contributed by atoms with Crippen LogP contribution in [0.1, 0.15) is 24.5 Å². The van der Waals surface area contributed by atoms with E-state index in [4.69, 9.17) is 9.47 Å². The largest absolute Gasteiger partial charge is 0.494 e. The Hall–Kier alpha value is -4.03. The molecule has 6 heteroatoms. The lowest BCUT2D eigenvalue weighted by Crippen LogP contribution is -2.68. The number of hydrogen-bond donors (Lipinski definition) is 0. The van der Waals surface area contributed by atoms with Gasteiger partial charge >= 0.3 is 0 Å². The summed E-state index contributed by atoms with van der Waals surface area (Å²) in [7, 11) is 0. The van der Waals surface area contributed by atoms with E-state index in [1.807, 2.05) is 72.5 Å². The Balaban J connectivity index is 1.45. The normalized spacial score (nSPS) is 18.4. The highest BCUT2D eigenvalue weighted by Crippen LogP contribution is 2.48. The lowest BCUT2D eigenvalue weighted by atomic mass is 9.81. The predicted molar refractivity (Wildman–Crippen MR) is 154 cm³/mol. The molecule has 196 valence electrons. The number of carbonyl (C=O) groups excluding carboxylic acids is 1. The average Bonchev–Trinajstić information content (AvgIpc) is 2.97. The van der Waals surface area contributed by atoms with Crippen molar-refractivity contribution in [1.29, 1.82) is 0 Å². The number of ether oxygens (including phenoxy) is 2. The molecule has 2 unspecified atom stereocenters. The van der Waals surface area contributed by atoms with E-state index in [0.717, 1.165) is 45.2 Å². The minimum absolute atomic E-state index is 0.0782. The van der Waals surface area contributed by atoms with Gasteiger partial charge in [-0.05, 0) is 97.1 Å². The summed E-state index contributed by atoms with van der Waals surface area (Å²) in [5.74, 6) is 1.09. The fourth-order valence-electron chi connectivity index (χ4n) is 5.26. The number of halogens is 1. The lowest BCUT2D eigenvalue weighted by molar-refractivity contribution is -0.133. The predicted octanol–water partition coefficient (Wildman–Crippen LogP) is 7.54. The van der Waals surface area contributed by atoms with Gasteiger partial charge in [0.05, 0.1) is 6.61 Å². The third-order valence-electron chi connectivity index (χ3n) is 7.09. The molecular weight excluding hydrogens is 509 g/mol. The van der Waals surface area contributed by atoms with Gasteiger partial charge in [0.25, 0.3) is 5.91 Å². The lowest BCUT2D eigenvalue weighted by Gasteiger charge is -2.48. The molecule has 2 atom stereocenters. The molecule has 1 heterocycles. The monoisotopic (exact) mass is 537 g/mol. The molecule has 1 amide bonds. The molecule has 1 fully saturated rings. The van der Waals surface area contributed by atoms with Crippen molar-refractivity contribution >= 4 is 28.3 Å². The molecule has 4 aromatic rings. The number of benzene rings is 4. The van der Waals surface area contributed by atoms with Gasteiger partial charge in [-0.1, -0.05) is 54.2 Å². The maximum atomic E-state index is 13.7. The highest BCUT2D eigenvalue weighted by Gasteiger charge is 2.53. The van der Waals surface area contributed by atoms with Crippen molar-refractivity contribution in [2.45, 2.75) is 36.8 Å². The van der Waals surface area contributed by atoms with Gasteiger partial charge in [-0.3, -0.25) is 9.69 Å². The van der Waals surface area contributed by atoms with Crippen LogP contribution in [0.4, 0.5) is 10.1 Å². The van der Waals surface area contributed by atoms with Gasteiger partial charge in [-0.15, -0.1) is 0 Å². The Bertz CT molecular complexity index is 1500. The zero-order chi connectivity index (χ0) is 26.8. The van der Waals surface area contributed by atoms with E-state index in [9.17, 15) is 9.18 Å². The smallest absolute Gasteiger partial charge is 0.271 e. The number of thioether (sulfide) groups is 1. The van der Waals surface area contributed by atoms with Gasteiger partial charge in [0.1, 0.15) is 23.4 Å². The quantitative estimate of drug-likeness (QED) is 0.218. The molecule has 1 saturated heterocycles. The summed E-state index contributed by atoms with van der Waals surface area (Å²) in [6.45, 7) is 2.52. The van der Waals surface area contributed by atoms with Crippen molar-refractivity contribution in [1.82, 2.24) is 0 Å². The number of para-hydroxylation sites is 1. The van der Waals surface area contributed by atoms with Crippen LogP contribution >= 0.6 is 11.8 Å². The fraction of sp³-hybridized carbons (Fsp3) is 0.182. The van der Waals surface area contributed by atoms with Crippen molar-refractivity contribution in [2.75, 3.05) is 11.5 Å². The molecule has 1 aliphatic heterocycles. The second-order valence-corrected chi connectivity index (χ2v) is 10.6. The van der Waals surface area contributed by atoms with Gasteiger partial charge in [0, 0.05) is 15.5 Å². The second kappa shape index (κ2) is 11.0. The van der Waals surface area contributed by atoms with Crippen LogP contribution in [0.2, 0.25) is 0 Å². The van der Waals surface area contributed by atoms with Crippen molar-refractivity contribution in [3.8, 4) is 11.5 Å². The topological polar surface area (TPSA) is 38.8 Å². The van der Waals surface area contributed by atoms with E-state index >= 15 is 0 Å². The standard InChI is InChI=1S/C33H28FNO3S/c1-2-37-25-17-15-24(16-18-25)35-30(31(33(35)36)38-26-9-4-3-5-10-26)29-21-12-22-8-6-7-11-28(22)32(29)39-27-19-13-23(34)14-20-27/h3-11,13-20,30-31H,2,12,21H2,1H3. The molecule has 39 heavy (non-hydrogen) atoms. The number of amides is 1. The average molecular weight is 538 g/mol. The van der Waals surface area contributed by atoms with E-state index in [1.54, 1.807) is 23.9 Å². The minimum atomic E-state index is -0.650. The van der Waals surface area contributed by atoms with Crippen LogP contribution in [0.25, 0.3) is 4.91 Å². The summed E-state index contributed by atoms with van der Waals surface area (Å²) < 4.78 is 25.7. The van der Waals surface area contributed by atoms with E-state index in [1.165, 1.54) is 17.7 Å². The maximum absolute atomic E-state index is 13.7. The molecule has 0 saturated carbocycles. The Kier molecular flexibility index (Phi) is 7.12. The molecule has 6 rings (SSSR count). The number of β-lactam (4-membered cyclic amide) rings is 1. The van der Waals surface area contributed by atoms with Crippen LogP contribution in [0.15, 0.2) is 114 Å². The van der Waals surface area contributed by atoms with Gasteiger partial charge in [0.15, 0.2) is 0 Å². The molecule has 0 N–H and O–H groups in total. The van der Waals surface area contributed by atoms with Crippen LogP contribution in [0.5, 0.6) is 11.5 Å². The maximum Gasteiger partial charge on any atom is 0.271 e. The highest BCUT2D eigenvalue weighted by atomic mass is 32.2. The SMILES string of the molecule is CCOc1ccc(N2C(=O)C(Oc3ccccc3)C2C2=C(Sc3ccc(F)cc3)c3ccccc3CC2)cc1. The zero-order valence-corrected chi connectivity index (χ0v) is 22.4. The second-order valence-electron chi connectivity index (χ2n) is 9.50. The van der Waals surface area contributed by atoms with Crippen molar-refractivity contribution in [3.63, 3.8) is 0 Å². The summed E-state index contributed by atoms with van der Waals surface area (Å²) in [4.78, 5) is 17.6. The van der Waals surface area contributed by atoms with Crippen molar-refractivity contribution < 1.29 is 18.7 Å². The number of anilines is 1.